The first-order valence-corrected chi connectivity index (χ1v) is 15.1. The van der Waals surface area contributed by atoms with Crippen LogP contribution in [0.3, 0.4) is 0 Å². The summed E-state index contributed by atoms with van der Waals surface area (Å²) in [6, 6.07) is 18.5. The lowest BCUT2D eigenvalue weighted by molar-refractivity contribution is -0.152. The predicted octanol–water partition coefficient (Wildman–Crippen LogP) is 3.71. The standard InChI is InChI=1S/C34H39N3O5/c1-2-33-18-12-22-36(26-16-8-4-9-17-26)30(39)27(33)28-31(40)37(21-10-5-11-23-38)29-32(41)35(20-13-19-34(28,29)42-33)24-25-14-6-3-7-15-25/h3-4,6-9,12-19,27-29,38H,2,5,10-11,20-24H2,1H3/t27-,28+,29?,33+,34+/m1/s1. The van der Waals surface area contributed by atoms with E-state index in [1.165, 1.54) is 0 Å². The van der Waals surface area contributed by atoms with Crippen LogP contribution in [0.15, 0.2) is 85.0 Å². The van der Waals surface area contributed by atoms with Crippen molar-refractivity contribution in [2.45, 2.75) is 56.4 Å². The minimum atomic E-state index is -1.27. The number of aliphatic hydroxyl groups is 1. The van der Waals surface area contributed by atoms with Gasteiger partial charge in [-0.25, -0.2) is 0 Å². The van der Waals surface area contributed by atoms with Gasteiger partial charge in [-0.2, -0.15) is 0 Å². The number of hydrogen-bond acceptors (Lipinski definition) is 5. The number of likely N-dealkylation sites (tertiary alicyclic amines) is 1. The van der Waals surface area contributed by atoms with Crippen LogP contribution in [0, 0.1) is 11.8 Å². The fourth-order valence-electron chi connectivity index (χ4n) is 7.40. The van der Waals surface area contributed by atoms with E-state index in [2.05, 4.69) is 0 Å². The molecule has 8 heteroatoms. The zero-order valence-corrected chi connectivity index (χ0v) is 24.1. The van der Waals surface area contributed by atoms with Gasteiger partial charge in [-0.15, -0.1) is 0 Å². The number of hydrogen-bond donors (Lipinski definition) is 1. The highest BCUT2D eigenvalue weighted by molar-refractivity contribution is 6.04. The van der Waals surface area contributed by atoms with E-state index in [9.17, 15) is 19.5 Å². The molecule has 220 valence electrons. The van der Waals surface area contributed by atoms with Gasteiger partial charge in [0.2, 0.25) is 17.7 Å². The van der Waals surface area contributed by atoms with E-state index in [1.807, 2.05) is 91.9 Å². The van der Waals surface area contributed by atoms with Crippen LogP contribution in [0.2, 0.25) is 0 Å². The zero-order chi connectivity index (χ0) is 29.3. The minimum Gasteiger partial charge on any atom is -0.396 e. The predicted molar refractivity (Wildman–Crippen MR) is 159 cm³/mol. The SMILES string of the molecule is CC[C@]12C=CCN(c3ccccc3)C(=O)[C@H]1[C@H]1C(=O)N(CCCCCO)C3C(=O)N(Cc4ccccc4)CC=C[C@@]31O2. The Hall–Kier alpha value is -3.75. The van der Waals surface area contributed by atoms with Crippen LogP contribution in [-0.2, 0) is 25.7 Å². The maximum Gasteiger partial charge on any atom is 0.249 e. The molecular weight excluding hydrogens is 530 g/mol. The number of carbonyl (C=O) groups excluding carboxylic acids is 3. The molecule has 6 rings (SSSR count). The number of amides is 3. The van der Waals surface area contributed by atoms with Gasteiger partial charge in [0.15, 0.2) is 0 Å². The lowest BCUT2D eigenvalue weighted by Crippen LogP contribution is -2.56. The smallest absolute Gasteiger partial charge is 0.249 e. The van der Waals surface area contributed by atoms with E-state index in [0.29, 0.717) is 45.4 Å². The van der Waals surface area contributed by atoms with Gasteiger partial charge in [-0.3, -0.25) is 14.4 Å². The summed E-state index contributed by atoms with van der Waals surface area (Å²) in [6.45, 7) is 3.61. The van der Waals surface area contributed by atoms with Crippen molar-refractivity contribution in [2.24, 2.45) is 11.8 Å². The summed E-state index contributed by atoms with van der Waals surface area (Å²) < 4.78 is 7.06. The van der Waals surface area contributed by atoms with Crippen LogP contribution in [0.5, 0.6) is 0 Å². The molecule has 2 fully saturated rings. The summed E-state index contributed by atoms with van der Waals surface area (Å²) >= 11 is 0. The number of aliphatic hydroxyl groups excluding tert-OH is 1. The third kappa shape index (κ3) is 4.57. The highest BCUT2D eigenvalue weighted by Crippen LogP contribution is 2.58. The maximum atomic E-state index is 14.5. The Labute approximate surface area is 247 Å². The van der Waals surface area contributed by atoms with Crippen molar-refractivity contribution in [3.05, 3.63) is 90.5 Å². The highest BCUT2D eigenvalue weighted by Gasteiger charge is 2.75. The minimum absolute atomic E-state index is 0.0802. The molecule has 2 saturated heterocycles. The topological polar surface area (TPSA) is 90.4 Å². The molecule has 2 aromatic carbocycles. The molecule has 42 heavy (non-hydrogen) atoms. The number of benzene rings is 2. The van der Waals surface area contributed by atoms with Crippen molar-refractivity contribution >= 4 is 23.4 Å². The fourth-order valence-corrected chi connectivity index (χ4v) is 7.40. The number of para-hydroxylation sites is 1. The van der Waals surface area contributed by atoms with Gasteiger partial charge in [-0.1, -0.05) is 79.8 Å². The normalized spacial score (nSPS) is 30.3. The Kier molecular flexibility index (Phi) is 7.77. The quantitative estimate of drug-likeness (QED) is 0.367. The molecule has 4 heterocycles. The first-order valence-electron chi connectivity index (χ1n) is 15.1. The summed E-state index contributed by atoms with van der Waals surface area (Å²) in [5, 5.41) is 9.32. The molecule has 1 N–H and O–H groups in total. The second-order valence-corrected chi connectivity index (χ2v) is 11.7. The molecule has 1 unspecified atom stereocenters. The van der Waals surface area contributed by atoms with Crippen molar-refractivity contribution in [2.75, 3.05) is 31.1 Å². The summed E-state index contributed by atoms with van der Waals surface area (Å²) in [6.07, 6.45) is 10.3. The first kappa shape index (κ1) is 28.4. The third-order valence-corrected chi connectivity index (χ3v) is 9.36. The zero-order valence-electron chi connectivity index (χ0n) is 24.1. The van der Waals surface area contributed by atoms with Crippen molar-refractivity contribution in [1.29, 1.82) is 0 Å². The van der Waals surface area contributed by atoms with E-state index in [0.717, 1.165) is 17.7 Å². The van der Waals surface area contributed by atoms with E-state index in [-0.39, 0.29) is 24.3 Å². The van der Waals surface area contributed by atoms with Crippen molar-refractivity contribution < 1.29 is 24.2 Å². The van der Waals surface area contributed by atoms with Gasteiger partial charge >= 0.3 is 0 Å². The van der Waals surface area contributed by atoms with Crippen molar-refractivity contribution in [3.8, 4) is 0 Å². The number of nitrogens with zero attached hydrogens (tertiary/aromatic N) is 3. The average Bonchev–Trinajstić information content (AvgIpc) is 3.30. The Balaban J connectivity index is 1.43. The molecule has 1 spiro atoms. The van der Waals surface area contributed by atoms with Crippen LogP contribution in [0.1, 0.15) is 38.2 Å². The third-order valence-electron chi connectivity index (χ3n) is 9.36. The van der Waals surface area contributed by atoms with Gasteiger partial charge in [0.1, 0.15) is 11.6 Å². The second-order valence-electron chi connectivity index (χ2n) is 11.7. The molecule has 0 bridgehead atoms. The number of rotatable bonds is 9. The van der Waals surface area contributed by atoms with Gasteiger partial charge in [0.25, 0.3) is 0 Å². The van der Waals surface area contributed by atoms with Crippen molar-refractivity contribution in [3.63, 3.8) is 0 Å². The van der Waals surface area contributed by atoms with E-state index < -0.39 is 29.1 Å². The van der Waals surface area contributed by atoms with Crippen molar-refractivity contribution in [1.82, 2.24) is 9.80 Å². The number of ether oxygens (including phenoxy) is 1. The molecule has 4 aliphatic heterocycles. The summed E-state index contributed by atoms with van der Waals surface area (Å²) in [5.41, 5.74) is -0.507. The van der Waals surface area contributed by atoms with Crippen LogP contribution in [-0.4, -0.2) is 76.1 Å². The number of carbonyl (C=O) groups is 3. The van der Waals surface area contributed by atoms with Gasteiger partial charge in [-0.05, 0) is 43.4 Å². The molecule has 4 aliphatic rings. The van der Waals surface area contributed by atoms with Crippen LogP contribution < -0.4 is 4.90 Å². The Morgan fingerprint density at radius 2 is 1.55 bits per heavy atom. The van der Waals surface area contributed by atoms with Gasteiger partial charge < -0.3 is 24.5 Å². The molecule has 0 aromatic heterocycles. The Morgan fingerprint density at radius 1 is 0.833 bits per heavy atom. The summed E-state index contributed by atoms with van der Waals surface area (Å²) in [5.74, 6) is -2.15. The Bertz CT molecular complexity index is 1380. The lowest BCUT2D eigenvalue weighted by Gasteiger charge is -2.38. The number of anilines is 1. The maximum absolute atomic E-state index is 14.5. The highest BCUT2D eigenvalue weighted by atomic mass is 16.5. The second kappa shape index (κ2) is 11.5. The first-order chi connectivity index (χ1) is 20.5. The Morgan fingerprint density at radius 3 is 2.26 bits per heavy atom. The van der Waals surface area contributed by atoms with Gasteiger partial charge in [0.05, 0.1) is 17.4 Å². The molecule has 5 atom stereocenters. The number of fused-ring (bicyclic) bond motifs is 2. The summed E-state index contributed by atoms with van der Waals surface area (Å²) in [4.78, 5) is 48.8. The molecule has 0 saturated carbocycles. The average molecular weight is 570 g/mol. The van der Waals surface area contributed by atoms with E-state index >= 15 is 0 Å². The molecular formula is C34H39N3O5. The van der Waals surface area contributed by atoms with E-state index in [4.69, 9.17) is 4.74 Å². The lowest BCUT2D eigenvalue weighted by atomic mass is 9.73. The molecule has 0 aliphatic carbocycles. The molecule has 0 radical (unpaired) electrons. The molecule has 8 nitrogen and oxygen atoms in total. The van der Waals surface area contributed by atoms with Crippen LogP contribution >= 0.6 is 0 Å². The van der Waals surface area contributed by atoms with Crippen LogP contribution in [0.4, 0.5) is 5.69 Å². The molecule has 2 aromatic rings. The van der Waals surface area contributed by atoms with E-state index in [1.54, 1.807) is 14.7 Å². The largest absolute Gasteiger partial charge is 0.396 e. The van der Waals surface area contributed by atoms with Crippen LogP contribution in [0.25, 0.3) is 0 Å². The molecule has 3 amide bonds. The fraction of sp³-hybridized carbons (Fsp3) is 0.441. The monoisotopic (exact) mass is 569 g/mol. The summed E-state index contributed by atoms with van der Waals surface area (Å²) in [7, 11) is 0. The van der Waals surface area contributed by atoms with Gasteiger partial charge in [0, 0.05) is 38.5 Å². The number of unbranched alkanes of at least 4 members (excludes halogenated alkanes) is 2.